The second kappa shape index (κ2) is 4.88. The van der Waals surface area contributed by atoms with Crippen LogP contribution in [0.5, 0.6) is 0 Å². The van der Waals surface area contributed by atoms with Gasteiger partial charge in [-0.1, -0.05) is 11.3 Å². The van der Waals surface area contributed by atoms with E-state index >= 15 is 0 Å². The van der Waals surface area contributed by atoms with Crippen molar-refractivity contribution >= 4 is 22.0 Å². The van der Waals surface area contributed by atoms with E-state index in [0.717, 1.165) is 16.9 Å². The molecule has 7 heteroatoms. The minimum Gasteiger partial charge on any atom is -0.380 e. The molecule has 17 heavy (non-hydrogen) atoms. The second-order valence-corrected chi connectivity index (χ2v) is 4.16. The molecule has 2 heterocycles. The van der Waals surface area contributed by atoms with Gasteiger partial charge in [0.05, 0.1) is 16.8 Å². The third kappa shape index (κ3) is 2.97. The molecule has 0 aliphatic carbocycles. The highest BCUT2D eigenvalue weighted by molar-refractivity contribution is 7.13. The predicted octanol–water partition coefficient (Wildman–Crippen LogP) is 2.80. The molecule has 2 aromatic heterocycles. The molecule has 0 saturated heterocycles. The summed E-state index contributed by atoms with van der Waals surface area (Å²) in [5.41, 5.74) is 1.48. The maximum atomic E-state index is 12.5. The summed E-state index contributed by atoms with van der Waals surface area (Å²) in [4.78, 5) is 13.5. The van der Waals surface area contributed by atoms with Crippen LogP contribution in [-0.4, -0.2) is 9.91 Å². The van der Waals surface area contributed by atoms with E-state index in [9.17, 15) is 14.5 Å². The topological polar surface area (TPSA) is 68.1 Å². The average Bonchev–Trinajstić information content (AvgIpc) is 2.77. The van der Waals surface area contributed by atoms with Gasteiger partial charge in [0.15, 0.2) is 0 Å². The summed E-state index contributed by atoms with van der Waals surface area (Å²) in [6, 6.07) is 4.32. The fourth-order valence-corrected chi connectivity index (χ4v) is 1.96. The van der Waals surface area contributed by atoms with Gasteiger partial charge in [0.2, 0.25) is 5.95 Å². The molecule has 2 rings (SSSR count). The van der Waals surface area contributed by atoms with E-state index in [1.807, 2.05) is 0 Å². The smallest absolute Gasteiger partial charge is 0.324 e. The second-order valence-electron chi connectivity index (χ2n) is 3.27. The number of halogens is 1. The summed E-state index contributed by atoms with van der Waals surface area (Å²) in [5, 5.41) is 15.3. The fourth-order valence-electron chi connectivity index (χ4n) is 1.24. The van der Waals surface area contributed by atoms with Gasteiger partial charge in [-0.3, -0.25) is 10.1 Å². The highest BCUT2D eigenvalue weighted by Crippen LogP contribution is 2.23. The van der Waals surface area contributed by atoms with Crippen molar-refractivity contribution in [3.63, 3.8) is 0 Å². The number of aromatic nitrogens is 1. The van der Waals surface area contributed by atoms with E-state index in [1.54, 1.807) is 11.4 Å². The predicted molar refractivity (Wildman–Crippen MR) is 62.5 cm³/mol. The molecular formula is C10H8FN3O2S. The number of hydrogen-bond donors (Lipinski definition) is 1. The number of nitrogens with zero attached hydrogens (tertiary/aromatic N) is 2. The van der Waals surface area contributed by atoms with Crippen LogP contribution in [0.4, 0.5) is 15.1 Å². The van der Waals surface area contributed by atoms with Crippen LogP contribution in [-0.2, 0) is 6.54 Å². The van der Waals surface area contributed by atoms with Gasteiger partial charge in [0.1, 0.15) is 0 Å². The van der Waals surface area contributed by atoms with Gasteiger partial charge in [-0.15, -0.1) is 0 Å². The average molecular weight is 253 g/mol. The van der Waals surface area contributed by atoms with Gasteiger partial charge < -0.3 is 5.32 Å². The number of hydrogen-bond acceptors (Lipinski definition) is 5. The molecule has 0 aromatic carbocycles. The van der Waals surface area contributed by atoms with Crippen LogP contribution in [0.2, 0.25) is 0 Å². The van der Waals surface area contributed by atoms with Crippen LogP contribution in [0.15, 0.2) is 29.8 Å². The lowest BCUT2D eigenvalue weighted by Gasteiger charge is -2.03. The minimum absolute atomic E-state index is 0.110. The molecule has 0 atom stereocenters. The molecule has 0 bridgehead atoms. The van der Waals surface area contributed by atoms with Crippen molar-refractivity contribution in [1.29, 1.82) is 0 Å². The Balaban J connectivity index is 1.97. The third-order valence-electron chi connectivity index (χ3n) is 2.04. The van der Waals surface area contributed by atoms with Crippen LogP contribution < -0.4 is 5.32 Å². The first kappa shape index (κ1) is 11.5. The van der Waals surface area contributed by atoms with Crippen LogP contribution in [0.25, 0.3) is 0 Å². The molecule has 88 valence electrons. The van der Waals surface area contributed by atoms with E-state index in [0.29, 0.717) is 12.2 Å². The van der Waals surface area contributed by atoms with E-state index in [2.05, 4.69) is 10.3 Å². The number of nitro groups is 1. The van der Waals surface area contributed by atoms with Crippen LogP contribution in [0.1, 0.15) is 5.56 Å². The zero-order chi connectivity index (χ0) is 12.3. The van der Waals surface area contributed by atoms with E-state index in [4.69, 9.17) is 0 Å². The van der Waals surface area contributed by atoms with Crippen molar-refractivity contribution in [2.45, 2.75) is 6.54 Å². The first-order valence-electron chi connectivity index (χ1n) is 4.72. The molecule has 0 unspecified atom stereocenters. The standard InChI is InChI=1S/C10H8FN3O2S/c11-9-2-1-8(5-13-9)12-4-7-3-10(14(15)16)17-6-7/h1-3,5-6,12H,4H2. The quantitative estimate of drug-likeness (QED) is 0.517. The van der Waals surface area contributed by atoms with Crippen molar-refractivity contribution in [1.82, 2.24) is 4.98 Å². The normalized spacial score (nSPS) is 10.2. The summed E-state index contributed by atoms with van der Waals surface area (Å²) in [5.74, 6) is -0.540. The Hall–Kier alpha value is -2.02. The van der Waals surface area contributed by atoms with Crippen LogP contribution >= 0.6 is 11.3 Å². The van der Waals surface area contributed by atoms with Gasteiger partial charge in [-0.25, -0.2) is 4.98 Å². The molecule has 2 aromatic rings. The number of thiophene rings is 1. The molecule has 0 aliphatic heterocycles. The van der Waals surface area contributed by atoms with Gasteiger partial charge in [0.25, 0.3) is 0 Å². The summed E-state index contributed by atoms with van der Waals surface area (Å²) in [6.45, 7) is 0.442. The Bertz CT molecular complexity index is 527. The Labute approximate surface area is 100 Å². The monoisotopic (exact) mass is 253 g/mol. The number of nitrogens with one attached hydrogen (secondary N) is 1. The maximum Gasteiger partial charge on any atom is 0.324 e. The summed E-state index contributed by atoms with van der Waals surface area (Å²) >= 11 is 1.08. The molecule has 0 amide bonds. The lowest BCUT2D eigenvalue weighted by molar-refractivity contribution is -0.380. The van der Waals surface area contributed by atoms with E-state index in [1.165, 1.54) is 18.3 Å². The first-order chi connectivity index (χ1) is 8.15. The van der Waals surface area contributed by atoms with Gasteiger partial charge in [-0.05, 0) is 17.7 Å². The molecule has 0 saturated carbocycles. The Morgan fingerprint density at radius 2 is 2.35 bits per heavy atom. The van der Waals surface area contributed by atoms with Crippen molar-refractivity contribution in [3.8, 4) is 0 Å². The highest BCUT2D eigenvalue weighted by Gasteiger charge is 2.09. The largest absolute Gasteiger partial charge is 0.380 e. The van der Waals surface area contributed by atoms with Crippen molar-refractivity contribution in [2.24, 2.45) is 0 Å². The van der Waals surface area contributed by atoms with Crippen molar-refractivity contribution in [2.75, 3.05) is 5.32 Å². The van der Waals surface area contributed by atoms with Crippen molar-refractivity contribution < 1.29 is 9.31 Å². The van der Waals surface area contributed by atoms with E-state index < -0.39 is 10.9 Å². The zero-order valence-electron chi connectivity index (χ0n) is 8.59. The zero-order valence-corrected chi connectivity index (χ0v) is 9.41. The van der Waals surface area contributed by atoms with Gasteiger partial charge in [-0.2, -0.15) is 4.39 Å². The molecule has 0 aliphatic rings. The SMILES string of the molecule is O=[N+]([O-])c1cc(CNc2ccc(F)nc2)cs1. The summed E-state index contributed by atoms with van der Waals surface area (Å²) in [7, 11) is 0. The fraction of sp³-hybridized carbons (Fsp3) is 0.100. The Morgan fingerprint density at radius 3 is 2.94 bits per heavy atom. The summed E-state index contributed by atoms with van der Waals surface area (Å²) < 4.78 is 12.5. The highest BCUT2D eigenvalue weighted by atomic mass is 32.1. The molecule has 0 spiro atoms. The van der Waals surface area contributed by atoms with Gasteiger partial charge >= 0.3 is 5.00 Å². The van der Waals surface area contributed by atoms with E-state index in [-0.39, 0.29) is 5.00 Å². The van der Waals surface area contributed by atoms with Gasteiger partial charge in [0, 0.05) is 18.0 Å². The molecule has 1 N–H and O–H groups in total. The van der Waals surface area contributed by atoms with Crippen LogP contribution in [0.3, 0.4) is 0 Å². The third-order valence-corrected chi connectivity index (χ3v) is 2.97. The lowest BCUT2D eigenvalue weighted by atomic mass is 10.3. The maximum absolute atomic E-state index is 12.5. The molecule has 0 radical (unpaired) electrons. The minimum atomic E-state index is -0.540. The summed E-state index contributed by atoms with van der Waals surface area (Å²) in [6.07, 6.45) is 1.37. The Kier molecular flexibility index (Phi) is 3.29. The molecule has 5 nitrogen and oxygen atoms in total. The van der Waals surface area contributed by atoms with Crippen LogP contribution in [0, 0.1) is 16.1 Å². The Morgan fingerprint density at radius 1 is 1.53 bits per heavy atom. The molecular weight excluding hydrogens is 245 g/mol. The number of rotatable bonds is 4. The number of pyridine rings is 1. The number of anilines is 1. The lowest BCUT2D eigenvalue weighted by Crippen LogP contribution is -1.98. The molecule has 0 fully saturated rings. The first-order valence-corrected chi connectivity index (χ1v) is 5.60. The van der Waals surface area contributed by atoms with Crippen molar-refractivity contribution in [3.05, 3.63) is 51.4 Å².